The van der Waals surface area contributed by atoms with Crippen LogP contribution in [0.3, 0.4) is 0 Å². The number of aromatic carboxylic acids is 1. The van der Waals surface area contributed by atoms with Gasteiger partial charge in [0.1, 0.15) is 12.4 Å². The van der Waals surface area contributed by atoms with Crippen LogP contribution in [0.15, 0.2) is 11.6 Å². The van der Waals surface area contributed by atoms with Crippen LogP contribution in [-0.4, -0.2) is 37.2 Å². The summed E-state index contributed by atoms with van der Waals surface area (Å²) in [6.07, 6.45) is 2.59. The molecule has 1 aliphatic heterocycles. The van der Waals surface area contributed by atoms with E-state index in [1.165, 1.54) is 14.2 Å². The maximum absolute atomic E-state index is 12.1. The van der Waals surface area contributed by atoms with Gasteiger partial charge in [0.25, 0.3) is 0 Å². The summed E-state index contributed by atoms with van der Waals surface area (Å²) in [6.45, 7) is 5.45. The molecule has 0 bridgehead atoms. The van der Waals surface area contributed by atoms with Crippen molar-refractivity contribution in [3.8, 4) is 5.75 Å². The molecule has 2 rings (SSSR count). The Morgan fingerprint density at radius 1 is 1.33 bits per heavy atom. The summed E-state index contributed by atoms with van der Waals surface area (Å²) in [4.78, 5) is 35.6. The second-order valence-corrected chi connectivity index (χ2v) is 6.63. The maximum Gasteiger partial charge on any atom is 0.339 e. The predicted molar refractivity (Wildman–Crippen MR) is 97.1 cm³/mol. The van der Waals surface area contributed by atoms with Crippen molar-refractivity contribution in [3.63, 3.8) is 0 Å². The number of carbonyl (C=O) groups is 3. The summed E-state index contributed by atoms with van der Waals surface area (Å²) in [5, 5.41) is 9.73. The van der Waals surface area contributed by atoms with E-state index < -0.39 is 11.9 Å². The highest BCUT2D eigenvalue weighted by Gasteiger charge is 2.34. The fourth-order valence-corrected chi connectivity index (χ4v) is 3.42. The van der Waals surface area contributed by atoms with Crippen LogP contribution in [0.1, 0.15) is 57.7 Å². The lowest BCUT2D eigenvalue weighted by Gasteiger charge is -2.17. The fourth-order valence-electron chi connectivity index (χ4n) is 3.42. The third kappa shape index (κ3) is 3.97. The van der Waals surface area contributed by atoms with Gasteiger partial charge >= 0.3 is 17.9 Å². The number of allylic oxidation sites excluding steroid dienone is 2. The molecule has 1 atom stereocenters. The van der Waals surface area contributed by atoms with Gasteiger partial charge in [-0.2, -0.15) is 0 Å². The van der Waals surface area contributed by atoms with Gasteiger partial charge in [0.15, 0.2) is 0 Å². The van der Waals surface area contributed by atoms with E-state index >= 15 is 0 Å². The molecule has 0 aliphatic carbocycles. The molecule has 0 amide bonds. The molecule has 1 heterocycles. The van der Waals surface area contributed by atoms with Gasteiger partial charge in [-0.25, -0.2) is 9.59 Å². The van der Waals surface area contributed by atoms with E-state index in [1.807, 2.05) is 13.0 Å². The summed E-state index contributed by atoms with van der Waals surface area (Å²) in [6, 6.07) is 0. The van der Waals surface area contributed by atoms with Crippen molar-refractivity contribution >= 4 is 17.9 Å². The van der Waals surface area contributed by atoms with Crippen LogP contribution in [0.2, 0.25) is 0 Å². The van der Waals surface area contributed by atoms with Crippen molar-refractivity contribution in [3.05, 3.63) is 39.5 Å². The molecule has 146 valence electrons. The third-order valence-electron chi connectivity index (χ3n) is 4.78. The van der Waals surface area contributed by atoms with Crippen molar-refractivity contribution in [2.45, 2.75) is 40.2 Å². The normalized spacial score (nSPS) is 14.4. The second kappa shape index (κ2) is 8.24. The Kier molecular flexibility index (Phi) is 6.25. The first kappa shape index (κ1) is 20.5. The number of benzene rings is 1. The zero-order chi connectivity index (χ0) is 20.3. The molecular formula is C20H24O7. The highest BCUT2D eigenvalue weighted by molar-refractivity contribution is 6.07. The molecule has 1 unspecified atom stereocenters. The van der Waals surface area contributed by atoms with Crippen molar-refractivity contribution in [2.75, 3.05) is 14.2 Å². The minimum Gasteiger partial charge on any atom is -0.496 e. The lowest BCUT2D eigenvalue weighted by Crippen LogP contribution is -2.14. The molecule has 0 aromatic heterocycles. The van der Waals surface area contributed by atoms with Crippen molar-refractivity contribution in [1.82, 2.24) is 0 Å². The van der Waals surface area contributed by atoms with Gasteiger partial charge in [-0.05, 0) is 32.3 Å². The summed E-state index contributed by atoms with van der Waals surface area (Å²) in [5.41, 5.74) is 2.60. The Labute approximate surface area is 157 Å². The molecule has 1 aliphatic rings. The minimum atomic E-state index is -1.20. The highest BCUT2D eigenvalue weighted by atomic mass is 16.5. The lowest BCUT2D eigenvalue weighted by molar-refractivity contribution is -0.144. The number of fused-ring (bicyclic) bond motifs is 1. The number of cyclic esters (lactones) is 1. The summed E-state index contributed by atoms with van der Waals surface area (Å²) in [5.74, 6) is -2.00. The van der Waals surface area contributed by atoms with Gasteiger partial charge < -0.3 is 19.3 Å². The molecular weight excluding hydrogens is 352 g/mol. The average Bonchev–Trinajstić information content (AvgIpc) is 3.00. The number of rotatable bonds is 7. The van der Waals surface area contributed by atoms with E-state index in [0.29, 0.717) is 28.9 Å². The van der Waals surface area contributed by atoms with Crippen LogP contribution in [0.25, 0.3) is 0 Å². The number of carboxylic acids is 1. The quantitative estimate of drug-likeness (QED) is 0.577. The zero-order valence-corrected chi connectivity index (χ0v) is 16.2. The van der Waals surface area contributed by atoms with E-state index in [1.54, 1.807) is 13.8 Å². The Morgan fingerprint density at radius 3 is 2.56 bits per heavy atom. The number of esters is 2. The third-order valence-corrected chi connectivity index (χ3v) is 4.78. The largest absolute Gasteiger partial charge is 0.496 e. The number of hydrogen-bond acceptors (Lipinski definition) is 6. The Morgan fingerprint density at radius 2 is 2.00 bits per heavy atom. The number of hydrogen-bond donors (Lipinski definition) is 1. The van der Waals surface area contributed by atoms with E-state index in [-0.39, 0.29) is 36.0 Å². The number of carbonyl (C=O) groups excluding carboxylic acids is 2. The van der Waals surface area contributed by atoms with Gasteiger partial charge in [-0.1, -0.05) is 18.6 Å². The maximum atomic E-state index is 12.1. The number of carboxylic acid groups (broad SMARTS) is 1. The zero-order valence-electron chi connectivity index (χ0n) is 16.2. The fraction of sp³-hybridized carbons (Fsp3) is 0.450. The molecule has 0 radical (unpaired) electrons. The Balaban J connectivity index is 2.47. The van der Waals surface area contributed by atoms with Gasteiger partial charge in [0.2, 0.25) is 0 Å². The molecule has 1 N–H and O–H groups in total. The number of ether oxygens (including phenoxy) is 3. The monoisotopic (exact) mass is 376 g/mol. The standard InChI is InChI=1S/C20H24O7/c1-10(8-11(2)19(23)26-5)6-7-13-15(18(21)22)16-14(9-27-20(16)24)12(3)17(13)25-4/h6,11H,7-9H2,1-5H3,(H,21,22). The summed E-state index contributed by atoms with van der Waals surface area (Å²) < 4.78 is 15.2. The van der Waals surface area contributed by atoms with E-state index in [2.05, 4.69) is 0 Å². The molecule has 1 aromatic rings. The lowest BCUT2D eigenvalue weighted by atomic mass is 9.89. The van der Waals surface area contributed by atoms with Crippen LogP contribution in [0, 0.1) is 12.8 Å². The molecule has 7 heteroatoms. The van der Waals surface area contributed by atoms with Gasteiger partial charge in [-0.3, -0.25) is 4.79 Å². The van der Waals surface area contributed by atoms with Crippen LogP contribution in [-0.2, 0) is 27.3 Å². The second-order valence-electron chi connectivity index (χ2n) is 6.63. The SMILES string of the molecule is COC(=O)C(C)CC(C)=CCc1c(OC)c(C)c2c(c1C(=O)O)C(=O)OC2. The van der Waals surface area contributed by atoms with Crippen molar-refractivity contribution in [2.24, 2.45) is 5.92 Å². The van der Waals surface area contributed by atoms with Crippen LogP contribution in [0.4, 0.5) is 0 Å². The van der Waals surface area contributed by atoms with Gasteiger partial charge in [0, 0.05) is 11.1 Å². The predicted octanol–water partition coefficient (Wildman–Crippen LogP) is 3.06. The Bertz CT molecular complexity index is 820. The first-order chi connectivity index (χ1) is 12.7. The van der Waals surface area contributed by atoms with Crippen LogP contribution >= 0.6 is 0 Å². The van der Waals surface area contributed by atoms with Gasteiger partial charge in [-0.15, -0.1) is 0 Å². The average molecular weight is 376 g/mol. The topological polar surface area (TPSA) is 99.1 Å². The Hall–Kier alpha value is -2.83. The van der Waals surface area contributed by atoms with Crippen molar-refractivity contribution < 1.29 is 33.7 Å². The van der Waals surface area contributed by atoms with Crippen molar-refractivity contribution in [1.29, 1.82) is 0 Å². The molecule has 0 saturated carbocycles. The van der Waals surface area contributed by atoms with E-state index in [0.717, 1.165) is 5.57 Å². The van der Waals surface area contributed by atoms with E-state index in [9.17, 15) is 19.5 Å². The molecule has 7 nitrogen and oxygen atoms in total. The summed E-state index contributed by atoms with van der Waals surface area (Å²) >= 11 is 0. The molecule has 0 saturated heterocycles. The first-order valence-corrected chi connectivity index (χ1v) is 8.59. The van der Waals surface area contributed by atoms with Crippen LogP contribution in [0.5, 0.6) is 5.75 Å². The van der Waals surface area contributed by atoms with Gasteiger partial charge in [0.05, 0.1) is 31.3 Å². The molecule has 0 spiro atoms. The highest BCUT2D eigenvalue weighted by Crippen LogP contribution is 2.38. The van der Waals surface area contributed by atoms with E-state index in [4.69, 9.17) is 14.2 Å². The molecule has 1 aromatic carbocycles. The summed E-state index contributed by atoms with van der Waals surface area (Å²) in [7, 11) is 2.81. The molecule has 27 heavy (non-hydrogen) atoms. The minimum absolute atomic E-state index is 0.0441. The smallest absolute Gasteiger partial charge is 0.339 e. The number of methoxy groups -OCH3 is 2. The molecule has 0 fully saturated rings. The van der Waals surface area contributed by atoms with Crippen LogP contribution < -0.4 is 4.74 Å². The first-order valence-electron chi connectivity index (χ1n) is 8.59.